The van der Waals surface area contributed by atoms with Crippen LogP contribution in [0, 0.1) is 21.4 Å². The Bertz CT molecular complexity index is 972. The van der Waals surface area contributed by atoms with Gasteiger partial charge in [0.2, 0.25) is 0 Å². The van der Waals surface area contributed by atoms with Crippen LogP contribution in [0.3, 0.4) is 0 Å². The van der Waals surface area contributed by atoms with Gasteiger partial charge in [0.05, 0.1) is 23.3 Å². The number of benzene rings is 2. The Morgan fingerprint density at radius 1 is 1.32 bits per heavy atom. The summed E-state index contributed by atoms with van der Waals surface area (Å²) in [5, 5.41) is 24.2. The average molecular weight is 336 g/mol. The summed E-state index contributed by atoms with van der Waals surface area (Å²) >= 11 is 0. The van der Waals surface area contributed by atoms with E-state index in [1.807, 2.05) is 30.5 Å². The average Bonchev–Trinajstić information content (AvgIpc) is 3.04. The van der Waals surface area contributed by atoms with Crippen molar-refractivity contribution in [3.8, 4) is 11.8 Å². The number of hydrogen-bond acceptors (Lipinski definition) is 5. The molecule has 3 aromatic rings. The van der Waals surface area contributed by atoms with Crippen LogP contribution in [-0.4, -0.2) is 23.6 Å². The van der Waals surface area contributed by atoms with Crippen LogP contribution >= 0.6 is 0 Å². The minimum atomic E-state index is -0.510. The molecule has 0 aliphatic heterocycles. The number of hydrogen-bond donors (Lipinski definition) is 2. The highest BCUT2D eigenvalue weighted by Gasteiger charge is 2.11. The van der Waals surface area contributed by atoms with Gasteiger partial charge in [-0.05, 0) is 36.2 Å². The SMILES string of the molecule is COc1ccc2[nH]cc(CCNc3ccc([N+](=O)[O-])cc3C#N)c2c1. The minimum Gasteiger partial charge on any atom is -0.497 e. The van der Waals surface area contributed by atoms with Gasteiger partial charge in [0.1, 0.15) is 11.8 Å². The number of nitro groups is 1. The predicted molar refractivity (Wildman–Crippen MR) is 94.9 cm³/mol. The number of ether oxygens (including phenoxy) is 1. The largest absolute Gasteiger partial charge is 0.497 e. The van der Waals surface area contributed by atoms with Crippen molar-refractivity contribution in [2.24, 2.45) is 0 Å². The number of aromatic nitrogens is 1. The Morgan fingerprint density at radius 3 is 2.88 bits per heavy atom. The van der Waals surface area contributed by atoms with Crippen LogP contribution in [0.5, 0.6) is 5.75 Å². The van der Waals surface area contributed by atoms with Gasteiger partial charge in [-0.25, -0.2) is 0 Å². The van der Waals surface area contributed by atoms with Crippen molar-refractivity contribution in [2.75, 3.05) is 19.0 Å². The van der Waals surface area contributed by atoms with Gasteiger partial charge in [-0.15, -0.1) is 0 Å². The van der Waals surface area contributed by atoms with Crippen molar-refractivity contribution in [1.29, 1.82) is 5.26 Å². The zero-order valence-electron chi connectivity index (χ0n) is 13.6. The monoisotopic (exact) mass is 336 g/mol. The van der Waals surface area contributed by atoms with Gasteiger partial charge < -0.3 is 15.0 Å². The zero-order valence-corrected chi connectivity index (χ0v) is 13.6. The highest BCUT2D eigenvalue weighted by Crippen LogP contribution is 2.25. The van der Waals surface area contributed by atoms with Gasteiger partial charge in [0.15, 0.2) is 0 Å². The standard InChI is InChI=1S/C18H16N4O3/c1-25-15-3-5-18-16(9-15)12(11-21-18)6-7-20-17-4-2-14(22(23)24)8-13(17)10-19/h2-5,8-9,11,20-21H,6-7H2,1H3. The molecule has 1 heterocycles. The van der Waals surface area contributed by atoms with E-state index in [-0.39, 0.29) is 11.3 Å². The Morgan fingerprint density at radius 2 is 2.16 bits per heavy atom. The number of rotatable bonds is 6. The van der Waals surface area contributed by atoms with Crippen molar-refractivity contribution in [2.45, 2.75) is 6.42 Å². The normalized spacial score (nSPS) is 10.4. The van der Waals surface area contributed by atoms with Gasteiger partial charge in [-0.3, -0.25) is 10.1 Å². The molecule has 0 saturated heterocycles. The molecule has 0 radical (unpaired) electrons. The number of aromatic amines is 1. The number of methoxy groups -OCH3 is 1. The molecule has 0 amide bonds. The molecule has 3 rings (SSSR count). The van der Waals surface area contributed by atoms with E-state index >= 15 is 0 Å². The second kappa shape index (κ2) is 6.93. The summed E-state index contributed by atoms with van der Waals surface area (Å²) in [6, 6.07) is 12.1. The fourth-order valence-electron chi connectivity index (χ4n) is 2.72. The van der Waals surface area contributed by atoms with Gasteiger partial charge in [-0.2, -0.15) is 5.26 Å². The molecule has 126 valence electrons. The molecular weight excluding hydrogens is 320 g/mol. The molecule has 0 spiro atoms. The topological polar surface area (TPSA) is 104 Å². The molecule has 1 aromatic heterocycles. The first-order chi connectivity index (χ1) is 12.1. The van der Waals surface area contributed by atoms with E-state index in [1.54, 1.807) is 13.2 Å². The van der Waals surface area contributed by atoms with Crippen LogP contribution in [0.1, 0.15) is 11.1 Å². The first-order valence-corrected chi connectivity index (χ1v) is 7.69. The van der Waals surface area contributed by atoms with Gasteiger partial charge in [0, 0.05) is 35.8 Å². The van der Waals surface area contributed by atoms with Crippen molar-refractivity contribution < 1.29 is 9.66 Å². The number of nitriles is 1. The number of nitrogens with one attached hydrogen (secondary N) is 2. The highest BCUT2D eigenvalue weighted by atomic mass is 16.6. The lowest BCUT2D eigenvalue weighted by molar-refractivity contribution is -0.384. The summed E-state index contributed by atoms with van der Waals surface area (Å²) in [4.78, 5) is 13.5. The molecule has 7 heteroatoms. The van der Waals surface area contributed by atoms with Crippen LogP contribution in [-0.2, 0) is 6.42 Å². The lowest BCUT2D eigenvalue weighted by atomic mass is 10.1. The number of non-ortho nitro benzene ring substituents is 1. The lowest BCUT2D eigenvalue weighted by Crippen LogP contribution is -2.06. The van der Waals surface area contributed by atoms with E-state index in [9.17, 15) is 15.4 Å². The third kappa shape index (κ3) is 3.38. The summed E-state index contributed by atoms with van der Waals surface area (Å²) < 4.78 is 5.26. The first-order valence-electron chi connectivity index (χ1n) is 7.69. The Hall–Kier alpha value is -3.53. The van der Waals surface area contributed by atoms with Crippen molar-refractivity contribution in [3.05, 3.63) is 63.8 Å². The Balaban J connectivity index is 1.73. The van der Waals surface area contributed by atoms with Crippen LogP contribution in [0.4, 0.5) is 11.4 Å². The number of nitrogens with zero attached hydrogens (tertiary/aromatic N) is 2. The number of H-pyrrole nitrogens is 1. The number of nitro benzene ring substituents is 1. The fourth-order valence-corrected chi connectivity index (χ4v) is 2.72. The number of anilines is 1. The molecule has 2 aromatic carbocycles. The maximum Gasteiger partial charge on any atom is 0.270 e. The molecule has 0 aliphatic carbocycles. The molecule has 0 atom stereocenters. The van der Waals surface area contributed by atoms with E-state index in [2.05, 4.69) is 10.3 Å². The molecular formula is C18H16N4O3. The lowest BCUT2D eigenvalue weighted by Gasteiger charge is -2.08. The smallest absolute Gasteiger partial charge is 0.270 e. The van der Waals surface area contributed by atoms with Crippen molar-refractivity contribution in [3.63, 3.8) is 0 Å². The van der Waals surface area contributed by atoms with E-state index in [0.717, 1.165) is 28.6 Å². The second-order valence-electron chi connectivity index (χ2n) is 5.50. The molecule has 7 nitrogen and oxygen atoms in total. The molecule has 2 N–H and O–H groups in total. The summed E-state index contributed by atoms with van der Waals surface area (Å²) in [5.74, 6) is 0.795. The third-order valence-electron chi connectivity index (χ3n) is 4.02. The summed E-state index contributed by atoms with van der Waals surface area (Å²) in [7, 11) is 1.63. The molecule has 0 fully saturated rings. The van der Waals surface area contributed by atoms with Crippen molar-refractivity contribution >= 4 is 22.3 Å². The molecule has 0 aliphatic rings. The minimum absolute atomic E-state index is 0.0918. The van der Waals surface area contributed by atoms with Gasteiger partial charge >= 0.3 is 0 Å². The van der Waals surface area contributed by atoms with Crippen LogP contribution in [0.25, 0.3) is 10.9 Å². The maximum atomic E-state index is 10.8. The van der Waals surface area contributed by atoms with E-state index < -0.39 is 4.92 Å². The highest BCUT2D eigenvalue weighted by molar-refractivity contribution is 5.84. The first kappa shape index (κ1) is 16.3. The second-order valence-corrected chi connectivity index (χ2v) is 5.50. The quantitative estimate of drug-likeness (QED) is 0.528. The molecule has 25 heavy (non-hydrogen) atoms. The molecule has 0 saturated carbocycles. The molecule has 0 unspecified atom stereocenters. The van der Waals surface area contributed by atoms with Gasteiger partial charge in [-0.1, -0.05) is 0 Å². The summed E-state index contributed by atoms with van der Waals surface area (Å²) in [6.07, 6.45) is 2.68. The number of fused-ring (bicyclic) bond motifs is 1. The Labute approximate surface area is 144 Å². The predicted octanol–water partition coefficient (Wildman–Crippen LogP) is 3.61. The van der Waals surface area contributed by atoms with Crippen LogP contribution in [0.15, 0.2) is 42.6 Å². The van der Waals surface area contributed by atoms with Gasteiger partial charge in [0.25, 0.3) is 5.69 Å². The zero-order chi connectivity index (χ0) is 17.8. The summed E-state index contributed by atoms with van der Waals surface area (Å²) in [6.45, 7) is 0.594. The molecule has 0 bridgehead atoms. The Kier molecular flexibility index (Phi) is 4.53. The van der Waals surface area contributed by atoms with E-state index in [1.165, 1.54) is 12.1 Å². The van der Waals surface area contributed by atoms with Crippen molar-refractivity contribution in [1.82, 2.24) is 4.98 Å². The maximum absolute atomic E-state index is 10.8. The van der Waals surface area contributed by atoms with Crippen LogP contribution in [0.2, 0.25) is 0 Å². The fraction of sp³-hybridized carbons (Fsp3) is 0.167. The van der Waals surface area contributed by atoms with Crippen LogP contribution < -0.4 is 10.1 Å². The van der Waals surface area contributed by atoms with E-state index in [0.29, 0.717) is 12.2 Å². The third-order valence-corrected chi connectivity index (χ3v) is 4.02. The summed E-state index contributed by atoms with van der Waals surface area (Å²) in [5.41, 5.74) is 2.91. The van der Waals surface area contributed by atoms with E-state index in [4.69, 9.17) is 4.74 Å².